The van der Waals surface area contributed by atoms with Gasteiger partial charge in [-0.2, -0.15) is 0 Å². The predicted octanol–water partition coefficient (Wildman–Crippen LogP) is 4.01. The number of hydrogen-bond donors (Lipinski definition) is 1. The van der Waals surface area contributed by atoms with Crippen molar-refractivity contribution in [1.82, 2.24) is 0 Å². The molecule has 1 rings (SSSR count). The Morgan fingerprint density at radius 2 is 1.67 bits per heavy atom. The first kappa shape index (κ1) is 13.1. The summed E-state index contributed by atoms with van der Waals surface area (Å²) in [5.41, 5.74) is -0.266. The topological polar surface area (TPSA) is 37.3 Å². The van der Waals surface area contributed by atoms with Crippen LogP contribution in [0.3, 0.4) is 0 Å². The van der Waals surface area contributed by atoms with E-state index in [0.29, 0.717) is 0 Å². The highest BCUT2D eigenvalue weighted by molar-refractivity contribution is 6.59. The summed E-state index contributed by atoms with van der Waals surface area (Å²) >= 11 is 17.1. The molecule has 2 nitrogen and oxygen atoms in total. The minimum Gasteiger partial charge on any atom is -0.481 e. The van der Waals surface area contributed by atoms with E-state index in [1.807, 2.05) is 13.8 Å². The Morgan fingerprint density at radius 3 is 1.87 bits per heavy atom. The Bertz CT molecular complexity index is 304. The first-order chi connectivity index (χ1) is 6.92. The predicted molar refractivity (Wildman–Crippen MR) is 62.2 cm³/mol. The van der Waals surface area contributed by atoms with Crippen molar-refractivity contribution in [2.75, 3.05) is 0 Å². The standard InChI is InChI=1S/C10H13Cl3O2/c1-3-10(4-2)5(6(10)9(14)15)7(11)8(12)13/h5-6H,3-4H2,1-2H3,(H,14,15). The van der Waals surface area contributed by atoms with Gasteiger partial charge in [0.2, 0.25) is 0 Å². The van der Waals surface area contributed by atoms with Crippen LogP contribution in [0.1, 0.15) is 26.7 Å². The molecule has 0 aromatic carbocycles. The summed E-state index contributed by atoms with van der Waals surface area (Å²) in [6.07, 6.45) is 1.53. The molecular formula is C10H13Cl3O2. The van der Waals surface area contributed by atoms with Crippen LogP contribution in [0.2, 0.25) is 0 Å². The van der Waals surface area contributed by atoms with Crippen LogP contribution < -0.4 is 0 Å². The summed E-state index contributed by atoms with van der Waals surface area (Å²) in [4.78, 5) is 11.1. The summed E-state index contributed by atoms with van der Waals surface area (Å²) in [7, 11) is 0. The third-order valence-corrected chi connectivity index (χ3v) is 4.52. The second-order valence-corrected chi connectivity index (χ2v) is 5.20. The van der Waals surface area contributed by atoms with Crippen LogP contribution >= 0.6 is 34.8 Å². The lowest BCUT2D eigenvalue weighted by Gasteiger charge is -2.11. The number of rotatable bonds is 4. The molecule has 1 aliphatic rings. The number of allylic oxidation sites excluding steroid dienone is 1. The van der Waals surface area contributed by atoms with Gasteiger partial charge < -0.3 is 5.11 Å². The Labute approximate surface area is 104 Å². The lowest BCUT2D eigenvalue weighted by molar-refractivity contribution is -0.139. The van der Waals surface area contributed by atoms with Crippen molar-refractivity contribution in [2.45, 2.75) is 26.7 Å². The Morgan fingerprint density at radius 1 is 1.20 bits per heavy atom. The van der Waals surface area contributed by atoms with Crippen molar-refractivity contribution in [1.29, 1.82) is 0 Å². The van der Waals surface area contributed by atoms with Gasteiger partial charge >= 0.3 is 5.97 Å². The zero-order valence-corrected chi connectivity index (χ0v) is 10.8. The maximum Gasteiger partial charge on any atom is 0.307 e. The fourth-order valence-corrected chi connectivity index (χ4v) is 3.10. The highest BCUT2D eigenvalue weighted by Gasteiger charge is 2.67. The molecule has 0 aromatic rings. The third kappa shape index (κ3) is 2.00. The summed E-state index contributed by atoms with van der Waals surface area (Å²) in [6, 6.07) is 0. The quantitative estimate of drug-likeness (QED) is 0.839. The van der Waals surface area contributed by atoms with E-state index < -0.39 is 11.9 Å². The Kier molecular flexibility index (Phi) is 3.96. The number of hydrogen-bond acceptors (Lipinski definition) is 1. The van der Waals surface area contributed by atoms with Crippen molar-refractivity contribution >= 4 is 40.8 Å². The molecule has 0 amide bonds. The molecule has 1 fully saturated rings. The molecule has 0 aromatic heterocycles. The lowest BCUT2D eigenvalue weighted by Crippen LogP contribution is -2.08. The highest BCUT2D eigenvalue weighted by Crippen LogP contribution is 2.67. The van der Waals surface area contributed by atoms with Crippen LogP contribution in [0.15, 0.2) is 9.52 Å². The molecule has 0 bridgehead atoms. The van der Waals surface area contributed by atoms with Gasteiger partial charge in [-0.25, -0.2) is 0 Å². The van der Waals surface area contributed by atoms with Gasteiger partial charge in [0, 0.05) is 5.92 Å². The third-order valence-electron chi connectivity index (χ3n) is 3.50. The van der Waals surface area contributed by atoms with Crippen LogP contribution in [-0.2, 0) is 4.79 Å². The number of carboxylic acid groups (broad SMARTS) is 1. The molecule has 0 radical (unpaired) electrons. The largest absolute Gasteiger partial charge is 0.481 e. The normalized spacial score (nSPS) is 27.3. The molecule has 0 aliphatic heterocycles. The SMILES string of the molecule is CCC1(CC)C(C(=O)O)C1C(Cl)=C(Cl)Cl. The van der Waals surface area contributed by atoms with Gasteiger partial charge in [0.05, 0.1) is 11.0 Å². The summed E-state index contributed by atoms with van der Waals surface area (Å²) in [5.74, 6) is -1.50. The molecule has 0 saturated heterocycles. The van der Waals surface area contributed by atoms with Crippen molar-refractivity contribution in [2.24, 2.45) is 17.3 Å². The molecule has 1 aliphatic carbocycles. The Balaban J connectivity index is 3.02. The van der Waals surface area contributed by atoms with E-state index in [9.17, 15) is 4.79 Å². The highest BCUT2D eigenvalue weighted by atomic mass is 35.5. The number of carboxylic acids is 1. The van der Waals surface area contributed by atoms with Gasteiger partial charge in [-0.1, -0.05) is 48.7 Å². The molecule has 86 valence electrons. The van der Waals surface area contributed by atoms with Gasteiger partial charge in [-0.15, -0.1) is 0 Å². The molecular weight excluding hydrogens is 258 g/mol. The van der Waals surface area contributed by atoms with Gasteiger partial charge in [-0.3, -0.25) is 4.79 Å². The summed E-state index contributed by atoms with van der Waals surface area (Å²) in [6.45, 7) is 3.93. The van der Waals surface area contributed by atoms with Crippen LogP contribution in [-0.4, -0.2) is 11.1 Å². The zero-order chi connectivity index (χ0) is 11.8. The molecule has 2 atom stereocenters. The molecule has 2 unspecified atom stereocenters. The lowest BCUT2D eigenvalue weighted by atomic mass is 9.95. The van der Waals surface area contributed by atoms with Gasteiger partial charge in [0.15, 0.2) is 0 Å². The van der Waals surface area contributed by atoms with Crippen molar-refractivity contribution in [3.05, 3.63) is 9.52 Å². The smallest absolute Gasteiger partial charge is 0.307 e. The first-order valence-corrected chi connectivity index (χ1v) is 5.99. The molecule has 0 heterocycles. The molecule has 15 heavy (non-hydrogen) atoms. The van der Waals surface area contributed by atoms with Gasteiger partial charge in [0.25, 0.3) is 0 Å². The zero-order valence-electron chi connectivity index (χ0n) is 8.56. The average Bonchev–Trinajstić information content (AvgIpc) is 2.86. The van der Waals surface area contributed by atoms with E-state index in [1.165, 1.54) is 0 Å². The minimum absolute atomic E-state index is 0.0170. The minimum atomic E-state index is -0.823. The second-order valence-electron chi connectivity index (χ2n) is 3.84. The molecule has 1 saturated carbocycles. The van der Waals surface area contributed by atoms with E-state index in [4.69, 9.17) is 39.9 Å². The van der Waals surface area contributed by atoms with Crippen LogP contribution in [0.4, 0.5) is 0 Å². The second kappa shape index (κ2) is 4.52. The maximum atomic E-state index is 11.1. The molecule has 5 heteroatoms. The van der Waals surface area contributed by atoms with Crippen LogP contribution in [0.25, 0.3) is 0 Å². The van der Waals surface area contributed by atoms with Crippen molar-refractivity contribution in [3.8, 4) is 0 Å². The van der Waals surface area contributed by atoms with Crippen LogP contribution in [0.5, 0.6) is 0 Å². The fraction of sp³-hybridized carbons (Fsp3) is 0.700. The monoisotopic (exact) mass is 270 g/mol. The Hall–Kier alpha value is 0.0800. The maximum absolute atomic E-state index is 11.1. The molecule has 0 spiro atoms. The summed E-state index contributed by atoms with van der Waals surface area (Å²) < 4.78 is -0.0170. The van der Waals surface area contributed by atoms with Crippen molar-refractivity contribution < 1.29 is 9.90 Å². The van der Waals surface area contributed by atoms with E-state index in [1.54, 1.807) is 0 Å². The molecule has 1 N–H and O–H groups in total. The van der Waals surface area contributed by atoms with Crippen molar-refractivity contribution in [3.63, 3.8) is 0 Å². The number of carbonyl (C=O) groups is 1. The van der Waals surface area contributed by atoms with E-state index in [-0.39, 0.29) is 20.9 Å². The number of aliphatic carboxylic acids is 1. The number of halogens is 3. The van der Waals surface area contributed by atoms with Gasteiger partial charge in [0.1, 0.15) is 4.49 Å². The van der Waals surface area contributed by atoms with E-state index >= 15 is 0 Å². The van der Waals surface area contributed by atoms with Crippen LogP contribution in [0, 0.1) is 17.3 Å². The average molecular weight is 272 g/mol. The fourth-order valence-electron chi connectivity index (χ4n) is 2.53. The summed E-state index contributed by atoms with van der Waals surface area (Å²) in [5, 5.41) is 9.37. The van der Waals surface area contributed by atoms with Gasteiger partial charge in [-0.05, 0) is 18.3 Å². The van der Waals surface area contributed by atoms with E-state index in [0.717, 1.165) is 12.8 Å². The van der Waals surface area contributed by atoms with E-state index in [2.05, 4.69) is 0 Å². The first-order valence-electron chi connectivity index (χ1n) is 4.85.